The van der Waals surface area contributed by atoms with Crippen LogP contribution in [0.4, 0.5) is 0 Å². The zero-order chi connectivity index (χ0) is 14.7. The maximum atomic E-state index is 6.07. The van der Waals surface area contributed by atoms with Gasteiger partial charge in [-0.1, -0.05) is 35.3 Å². The van der Waals surface area contributed by atoms with E-state index >= 15 is 0 Å². The first-order chi connectivity index (χ1) is 9.52. The maximum Gasteiger partial charge on any atom is 0.0931 e. The van der Waals surface area contributed by atoms with E-state index in [-0.39, 0.29) is 12.1 Å². The second-order valence-corrected chi connectivity index (χ2v) is 6.97. The van der Waals surface area contributed by atoms with Crippen molar-refractivity contribution >= 4 is 34.5 Å². The molecule has 108 valence electrons. The Bertz CT molecular complexity index is 571. The Labute approximate surface area is 134 Å². The molecule has 2 N–H and O–H groups in total. The van der Waals surface area contributed by atoms with Gasteiger partial charge in [0.1, 0.15) is 0 Å². The molecule has 20 heavy (non-hydrogen) atoms. The van der Waals surface area contributed by atoms with Gasteiger partial charge >= 0.3 is 0 Å². The Kier molecular flexibility index (Phi) is 5.47. The van der Waals surface area contributed by atoms with Crippen LogP contribution < -0.4 is 5.73 Å². The number of hydrogen-bond acceptors (Lipinski definition) is 3. The fourth-order valence-corrected chi connectivity index (χ4v) is 3.69. The van der Waals surface area contributed by atoms with Crippen molar-refractivity contribution in [1.29, 1.82) is 0 Å². The molecule has 5 heteroatoms. The minimum absolute atomic E-state index is 0.154. The zero-order valence-corrected chi connectivity index (χ0v) is 13.8. The molecule has 2 rings (SSSR count). The lowest BCUT2D eigenvalue weighted by molar-refractivity contribution is 0.193. The Hall–Kier alpha value is -0.580. The number of rotatable bonds is 5. The van der Waals surface area contributed by atoms with E-state index in [4.69, 9.17) is 28.9 Å². The highest BCUT2D eigenvalue weighted by Gasteiger charge is 2.22. The molecule has 0 aliphatic rings. The van der Waals surface area contributed by atoms with Crippen LogP contribution in [0.5, 0.6) is 0 Å². The fourth-order valence-electron chi connectivity index (χ4n) is 2.26. The highest BCUT2D eigenvalue weighted by Crippen LogP contribution is 2.34. The summed E-state index contributed by atoms with van der Waals surface area (Å²) < 4.78 is 0.794. The predicted octanol–water partition coefficient (Wildman–Crippen LogP) is 4.75. The average Bonchev–Trinajstić information content (AvgIpc) is 2.85. The molecule has 0 amide bonds. The molecular formula is C15H18Cl2N2S. The molecule has 0 saturated carbocycles. The Morgan fingerprint density at radius 2 is 2.00 bits per heavy atom. The van der Waals surface area contributed by atoms with Gasteiger partial charge in [0.25, 0.3) is 0 Å². The van der Waals surface area contributed by atoms with E-state index in [0.29, 0.717) is 6.54 Å². The first kappa shape index (κ1) is 15.8. The van der Waals surface area contributed by atoms with Gasteiger partial charge in [0.2, 0.25) is 0 Å². The number of nitrogens with zero attached hydrogens (tertiary/aromatic N) is 1. The molecule has 2 aromatic rings. The standard InChI is InChI=1S/C15H18Cl2N2S/c1-10(11-4-3-5-12(16)8-11)19(2)13(9-18)14-6-7-15(17)20-14/h3-8,10,13H,9,18H2,1-2H3. The molecule has 0 bridgehead atoms. The van der Waals surface area contributed by atoms with Crippen molar-refractivity contribution in [3.05, 3.63) is 56.2 Å². The second-order valence-electron chi connectivity index (χ2n) is 4.79. The fraction of sp³-hybridized carbons (Fsp3) is 0.333. The molecule has 1 aromatic heterocycles. The van der Waals surface area contributed by atoms with Crippen LogP contribution in [0.3, 0.4) is 0 Å². The quantitative estimate of drug-likeness (QED) is 0.858. The van der Waals surface area contributed by atoms with Gasteiger partial charge in [0.05, 0.1) is 10.4 Å². The molecule has 0 saturated heterocycles. The second kappa shape index (κ2) is 6.92. The molecular weight excluding hydrogens is 311 g/mol. The van der Waals surface area contributed by atoms with E-state index < -0.39 is 0 Å². The molecule has 0 spiro atoms. The maximum absolute atomic E-state index is 6.07. The number of halogens is 2. The minimum Gasteiger partial charge on any atom is -0.329 e. The van der Waals surface area contributed by atoms with Crippen molar-refractivity contribution in [2.45, 2.75) is 19.0 Å². The van der Waals surface area contributed by atoms with E-state index in [1.165, 1.54) is 10.4 Å². The van der Waals surface area contributed by atoms with E-state index in [9.17, 15) is 0 Å². The first-order valence-electron chi connectivity index (χ1n) is 6.45. The summed E-state index contributed by atoms with van der Waals surface area (Å²) in [6.07, 6.45) is 0. The Morgan fingerprint density at radius 3 is 2.55 bits per heavy atom. The van der Waals surface area contributed by atoms with E-state index in [1.54, 1.807) is 11.3 Å². The van der Waals surface area contributed by atoms with Gasteiger partial charge in [-0.2, -0.15) is 0 Å². The van der Waals surface area contributed by atoms with Gasteiger partial charge in [-0.25, -0.2) is 0 Å². The van der Waals surface area contributed by atoms with Gasteiger partial charge in [-0.3, -0.25) is 4.90 Å². The highest BCUT2D eigenvalue weighted by molar-refractivity contribution is 7.16. The van der Waals surface area contributed by atoms with Crippen LogP contribution in [0, 0.1) is 0 Å². The number of nitrogens with two attached hydrogens (primary N) is 1. The molecule has 0 fully saturated rings. The third kappa shape index (κ3) is 3.54. The summed E-state index contributed by atoms with van der Waals surface area (Å²) in [5.74, 6) is 0. The molecule has 0 radical (unpaired) electrons. The van der Waals surface area contributed by atoms with Crippen LogP contribution in [0.1, 0.15) is 29.4 Å². The average molecular weight is 329 g/mol. The van der Waals surface area contributed by atoms with Crippen molar-refractivity contribution in [2.24, 2.45) is 5.73 Å². The van der Waals surface area contributed by atoms with Crippen LogP contribution in [0.2, 0.25) is 9.36 Å². The van der Waals surface area contributed by atoms with Gasteiger partial charge in [-0.15, -0.1) is 11.3 Å². The SMILES string of the molecule is CC(c1cccc(Cl)c1)N(C)C(CN)c1ccc(Cl)s1. The molecule has 0 aliphatic carbocycles. The largest absolute Gasteiger partial charge is 0.329 e. The van der Waals surface area contributed by atoms with Crippen LogP contribution in [-0.2, 0) is 0 Å². The lowest BCUT2D eigenvalue weighted by atomic mass is 10.0. The van der Waals surface area contributed by atoms with Gasteiger partial charge in [0.15, 0.2) is 0 Å². The van der Waals surface area contributed by atoms with Gasteiger partial charge < -0.3 is 5.73 Å². The lowest BCUT2D eigenvalue weighted by Gasteiger charge is -2.32. The summed E-state index contributed by atoms with van der Waals surface area (Å²) in [6, 6.07) is 12.3. The van der Waals surface area contributed by atoms with Gasteiger partial charge in [-0.05, 0) is 43.8 Å². The zero-order valence-electron chi connectivity index (χ0n) is 11.5. The van der Waals surface area contributed by atoms with Crippen LogP contribution in [0.15, 0.2) is 36.4 Å². The number of hydrogen-bond donors (Lipinski definition) is 1. The smallest absolute Gasteiger partial charge is 0.0931 e. The third-order valence-corrected chi connectivity index (χ3v) is 5.15. The highest BCUT2D eigenvalue weighted by atomic mass is 35.5. The van der Waals surface area contributed by atoms with Crippen molar-refractivity contribution in [3.8, 4) is 0 Å². The molecule has 0 aliphatic heterocycles. The van der Waals surface area contributed by atoms with Gasteiger partial charge in [0, 0.05) is 22.5 Å². The summed E-state index contributed by atoms with van der Waals surface area (Å²) in [4.78, 5) is 3.45. The van der Waals surface area contributed by atoms with Crippen LogP contribution >= 0.6 is 34.5 Å². The van der Waals surface area contributed by atoms with E-state index in [1.807, 2.05) is 30.3 Å². The topological polar surface area (TPSA) is 29.3 Å². The molecule has 2 unspecified atom stereocenters. The number of likely N-dealkylation sites (N-methyl/N-ethyl adjacent to an activating group) is 1. The normalized spacial score (nSPS) is 14.5. The third-order valence-electron chi connectivity index (χ3n) is 3.58. The minimum atomic E-state index is 0.154. The number of benzene rings is 1. The van der Waals surface area contributed by atoms with Crippen molar-refractivity contribution in [3.63, 3.8) is 0 Å². The van der Waals surface area contributed by atoms with E-state index in [0.717, 1.165) is 9.36 Å². The summed E-state index contributed by atoms with van der Waals surface area (Å²) in [5, 5.41) is 0.756. The first-order valence-corrected chi connectivity index (χ1v) is 8.03. The molecule has 1 aromatic carbocycles. The summed E-state index contributed by atoms with van der Waals surface area (Å²) >= 11 is 13.7. The predicted molar refractivity (Wildman–Crippen MR) is 88.8 cm³/mol. The molecule has 2 nitrogen and oxygen atoms in total. The Balaban J connectivity index is 2.22. The van der Waals surface area contributed by atoms with Crippen molar-refractivity contribution in [2.75, 3.05) is 13.6 Å². The number of thiophene rings is 1. The Morgan fingerprint density at radius 1 is 1.25 bits per heavy atom. The van der Waals surface area contributed by atoms with E-state index in [2.05, 4.69) is 24.9 Å². The van der Waals surface area contributed by atoms with Crippen molar-refractivity contribution in [1.82, 2.24) is 4.90 Å². The summed E-state index contributed by atoms with van der Waals surface area (Å²) in [6.45, 7) is 2.71. The summed E-state index contributed by atoms with van der Waals surface area (Å²) in [7, 11) is 2.08. The van der Waals surface area contributed by atoms with Crippen molar-refractivity contribution < 1.29 is 0 Å². The van der Waals surface area contributed by atoms with Crippen LogP contribution in [-0.4, -0.2) is 18.5 Å². The molecule has 2 atom stereocenters. The van der Waals surface area contributed by atoms with Crippen LogP contribution in [0.25, 0.3) is 0 Å². The lowest BCUT2D eigenvalue weighted by Crippen LogP contribution is -2.32. The summed E-state index contributed by atoms with van der Waals surface area (Å²) in [5.41, 5.74) is 7.14. The monoisotopic (exact) mass is 328 g/mol. The molecule has 1 heterocycles.